The highest BCUT2D eigenvalue weighted by Crippen LogP contribution is 2.32. The zero-order valence-electron chi connectivity index (χ0n) is 14.1. The Balaban J connectivity index is 1.70. The molecule has 2 aromatic rings. The first-order valence-electron chi connectivity index (χ1n) is 7.74. The van der Waals surface area contributed by atoms with Crippen molar-refractivity contribution in [1.29, 1.82) is 0 Å². The largest absolute Gasteiger partial charge is 0.870 e. The molecule has 1 amide bonds. The molecule has 3 rings (SSSR count). The van der Waals surface area contributed by atoms with E-state index in [0.717, 1.165) is 18.3 Å². The second-order valence-electron chi connectivity index (χ2n) is 5.42. The molecule has 0 spiro atoms. The van der Waals surface area contributed by atoms with E-state index >= 15 is 0 Å². The Morgan fingerprint density at radius 2 is 2.11 bits per heavy atom. The van der Waals surface area contributed by atoms with Crippen molar-refractivity contribution in [2.24, 2.45) is 5.10 Å². The fraction of sp³-hybridized carbons (Fsp3) is 0.176. The van der Waals surface area contributed by atoms with Gasteiger partial charge in [0, 0.05) is 6.07 Å². The van der Waals surface area contributed by atoms with Crippen LogP contribution in [0.5, 0.6) is 23.0 Å². The summed E-state index contributed by atoms with van der Waals surface area (Å²) in [6, 6.07) is 8.96. The van der Waals surface area contributed by atoms with E-state index in [1.54, 1.807) is 24.3 Å². The summed E-state index contributed by atoms with van der Waals surface area (Å²) in [5, 5.41) is 26.7. The van der Waals surface area contributed by atoms with Crippen molar-refractivity contribution in [3.05, 3.63) is 52.1 Å². The highest BCUT2D eigenvalue weighted by atomic mass is 16.6. The van der Waals surface area contributed by atoms with Crippen LogP contribution in [0.3, 0.4) is 0 Å². The van der Waals surface area contributed by atoms with E-state index in [0.29, 0.717) is 11.5 Å². The van der Waals surface area contributed by atoms with Crippen LogP contribution in [0.25, 0.3) is 0 Å². The van der Waals surface area contributed by atoms with Crippen molar-refractivity contribution in [3.63, 3.8) is 0 Å². The molecular weight excluding hydrogens is 358 g/mol. The lowest BCUT2D eigenvalue weighted by Crippen LogP contribution is -2.42. The van der Waals surface area contributed by atoms with Gasteiger partial charge < -0.3 is 19.3 Å². The van der Waals surface area contributed by atoms with E-state index in [1.807, 2.05) is 0 Å². The van der Waals surface area contributed by atoms with Gasteiger partial charge in [0.15, 0.2) is 11.5 Å². The number of amides is 1. The second kappa shape index (κ2) is 7.60. The molecule has 27 heavy (non-hydrogen) atoms. The molecule has 0 saturated carbocycles. The van der Waals surface area contributed by atoms with Gasteiger partial charge >= 0.3 is 0 Å². The minimum atomic E-state index is -0.927. The van der Waals surface area contributed by atoms with Crippen LogP contribution in [0.15, 0.2) is 41.5 Å². The quantitative estimate of drug-likeness (QED) is 0.469. The summed E-state index contributed by atoms with van der Waals surface area (Å²) in [5.74, 6) is -0.418. The maximum absolute atomic E-state index is 12.1. The summed E-state index contributed by atoms with van der Waals surface area (Å²) in [5.41, 5.74) is 1.78. The maximum Gasteiger partial charge on any atom is 0.284 e. The Morgan fingerprint density at radius 1 is 1.37 bits per heavy atom. The summed E-state index contributed by atoms with van der Waals surface area (Å²) < 4.78 is 15.8. The van der Waals surface area contributed by atoms with Crippen molar-refractivity contribution in [3.8, 4) is 23.0 Å². The Labute approximate surface area is 153 Å². The van der Waals surface area contributed by atoms with Crippen LogP contribution in [0.1, 0.15) is 5.56 Å². The molecule has 0 fully saturated rings. The van der Waals surface area contributed by atoms with Crippen LogP contribution in [0, 0.1) is 10.1 Å². The van der Waals surface area contributed by atoms with E-state index in [9.17, 15) is 20.0 Å². The third kappa shape index (κ3) is 3.89. The second-order valence-corrected chi connectivity index (χ2v) is 5.42. The SMILES string of the molecule is COc1cc([N+](=O)[O-])cc(/C=N/NC(=O)[C@@H]2COc3ccccc3O2)c1[O-]. The van der Waals surface area contributed by atoms with E-state index < -0.39 is 22.7 Å². The molecule has 1 atom stereocenters. The Bertz CT molecular complexity index is 913. The number of nitro groups is 1. The minimum Gasteiger partial charge on any atom is -0.870 e. The molecule has 10 nitrogen and oxygen atoms in total. The zero-order chi connectivity index (χ0) is 19.4. The Hall–Kier alpha value is -3.82. The van der Waals surface area contributed by atoms with Crippen molar-refractivity contribution < 1.29 is 29.0 Å². The molecule has 1 aliphatic heterocycles. The molecule has 0 radical (unpaired) electrons. The lowest BCUT2D eigenvalue weighted by Gasteiger charge is -2.24. The molecule has 0 bridgehead atoms. The number of ether oxygens (including phenoxy) is 3. The molecule has 140 valence electrons. The number of methoxy groups -OCH3 is 1. The zero-order valence-corrected chi connectivity index (χ0v) is 14.1. The molecule has 10 heteroatoms. The molecule has 0 unspecified atom stereocenters. The molecule has 0 saturated heterocycles. The third-order valence-corrected chi connectivity index (χ3v) is 3.68. The predicted octanol–water partition coefficient (Wildman–Crippen LogP) is 0.967. The monoisotopic (exact) mass is 372 g/mol. The van der Waals surface area contributed by atoms with Gasteiger partial charge in [-0.05, 0) is 17.7 Å². The number of rotatable bonds is 5. The van der Waals surface area contributed by atoms with Crippen molar-refractivity contribution >= 4 is 17.8 Å². The first-order chi connectivity index (χ1) is 13.0. The van der Waals surface area contributed by atoms with Gasteiger partial charge in [-0.15, -0.1) is 0 Å². The number of nitro benzene ring substituents is 1. The van der Waals surface area contributed by atoms with Crippen molar-refractivity contribution in [1.82, 2.24) is 5.43 Å². The standard InChI is InChI=1S/C17H15N3O7/c1-25-14-7-11(20(23)24)6-10(16(14)21)8-18-19-17(22)15-9-26-12-4-2-3-5-13(12)27-15/h2-8,15,21H,9H2,1H3,(H,19,22)/p-1/b18-8+/t15-/m0/s1. The molecule has 0 aromatic heterocycles. The third-order valence-electron chi connectivity index (χ3n) is 3.68. The lowest BCUT2D eigenvalue weighted by molar-refractivity contribution is -0.385. The van der Waals surface area contributed by atoms with Crippen LogP contribution in [0.2, 0.25) is 0 Å². The van der Waals surface area contributed by atoms with E-state index in [1.165, 1.54) is 7.11 Å². The number of hydrogen-bond acceptors (Lipinski definition) is 8. The van der Waals surface area contributed by atoms with Crippen LogP contribution in [-0.2, 0) is 4.79 Å². The molecule has 1 N–H and O–H groups in total. The smallest absolute Gasteiger partial charge is 0.284 e. The van der Waals surface area contributed by atoms with Gasteiger partial charge in [-0.1, -0.05) is 17.9 Å². The number of carbonyl (C=O) groups is 1. The fourth-order valence-corrected chi connectivity index (χ4v) is 2.35. The minimum absolute atomic E-state index is 0.00416. The maximum atomic E-state index is 12.1. The van der Waals surface area contributed by atoms with Crippen molar-refractivity contribution in [2.45, 2.75) is 6.10 Å². The number of nitrogens with zero attached hydrogens (tertiary/aromatic N) is 2. The number of hydrogen-bond donors (Lipinski definition) is 1. The van der Waals surface area contributed by atoms with Crippen LogP contribution in [-0.4, -0.2) is 36.9 Å². The summed E-state index contributed by atoms with van der Waals surface area (Å²) in [7, 11) is 1.22. The molecule has 1 heterocycles. The van der Waals surface area contributed by atoms with Crippen LogP contribution in [0.4, 0.5) is 5.69 Å². The first kappa shape index (κ1) is 18.0. The van der Waals surface area contributed by atoms with E-state index in [-0.39, 0.29) is 23.6 Å². The molecule has 0 aliphatic carbocycles. The Morgan fingerprint density at radius 3 is 2.81 bits per heavy atom. The van der Waals surface area contributed by atoms with Gasteiger partial charge in [-0.3, -0.25) is 14.9 Å². The van der Waals surface area contributed by atoms with Gasteiger partial charge in [-0.2, -0.15) is 5.10 Å². The highest BCUT2D eigenvalue weighted by molar-refractivity contribution is 5.88. The number of hydrazone groups is 1. The fourth-order valence-electron chi connectivity index (χ4n) is 2.35. The van der Waals surface area contributed by atoms with Crippen LogP contribution < -0.4 is 24.7 Å². The molecular formula is C17H14N3O7-. The number of fused-ring (bicyclic) bond motifs is 1. The summed E-state index contributed by atoms with van der Waals surface area (Å²) >= 11 is 0. The first-order valence-corrected chi connectivity index (χ1v) is 7.74. The van der Waals surface area contributed by atoms with Gasteiger partial charge in [-0.25, -0.2) is 5.43 Å². The molecule has 1 aliphatic rings. The summed E-state index contributed by atoms with van der Waals surface area (Å²) in [4.78, 5) is 22.4. The molecule has 2 aromatic carbocycles. The van der Waals surface area contributed by atoms with E-state index in [2.05, 4.69) is 10.5 Å². The summed E-state index contributed by atoms with van der Waals surface area (Å²) in [6.45, 7) is -0.00416. The average Bonchev–Trinajstić information content (AvgIpc) is 2.68. The normalized spacial score (nSPS) is 15.4. The van der Waals surface area contributed by atoms with Gasteiger partial charge in [0.25, 0.3) is 11.6 Å². The number of benzene rings is 2. The summed E-state index contributed by atoms with van der Waals surface area (Å²) in [6.07, 6.45) is 0.0799. The number of non-ortho nitro benzene ring substituents is 1. The number of carbonyl (C=O) groups excluding carboxylic acids is 1. The topological polar surface area (TPSA) is 135 Å². The Kier molecular flexibility index (Phi) is 5.06. The highest BCUT2D eigenvalue weighted by Gasteiger charge is 2.27. The predicted molar refractivity (Wildman–Crippen MR) is 91.2 cm³/mol. The van der Waals surface area contributed by atoms with Gasteiger partial charge in [0.2, 0.25) is 6.10 Å². The van der Waals surface area contributed by atoms with Gasteiger partial charge in [0.1, 0.15) is 12.4 Å². The number of nitrogens with one attached hydrogen (secondary N) is 1. The van der Waals surface area contributed by atoms with Crippen LogP contribution >= 0.6 is 0 Å². The number of para-hydroxylation sites is 2. The van der Waals surface area contributed by atoms with Gasteiger partial charge in [0.05, 0.1) is 24.3 Å². The van der Waals surface area contributed by atoms with Crippen molar-refractivity contribution in [2.75, 3.05) is 13.7 Å². The van der Waals surface area contributed by atoms with E-state index in [4.69, 9.17) is 14.2 Å². The average molecular weight is 372 g/mol. The lowest BCUT2D eigenvalue weighted by atomic mass is 10.2.